The molecule has 0 N–H and O–H groups in total. The molecule has 0 aromatic heterocycles. The summed E-state index contributed by atoms with van der Waals surface area (Å²) < 4.78 is 26.6. The maximum atomic E-state index is 11.8. The third-order valence-corrected chi connectivity index (χ3v) is 3.16. The topological polar surface area (TPSA) is 44.8 Å². The fourth-order valence-corrected chi connectivity index (χ4v) is 2.17. The van der Waals surface area contributed by atoms with Crippen LogP contribution in [0.1, 0.15) is 13.8 Å². The number of alkyl halides is 1. The number of ether oxygens (including phenoxy) is 1. The quantitative estimate of drug-likeness (QED) is 0.373. The monoisotopic (exact) mass is 242 g/mol. The molecule has 0 heterocycles. The Hall–Kier alpha value is 0.140. The minimum atomic E-state index is -3.06. The summed E-state index contributed by atoms with van der Waals surface area (Å²) in [6.45, 7) is 4.51. The molecule has 84 valence electrons. The van der Waals surface area contributed by atoms with E-state index in [1.54, 1.807) is 19.9 Å². The van der Waals surface area contributed by atoms with E-state index in [4.69, 9.17) is 25.4 Å². The molecule has 0 saturated heterocycles. The molecule has 0 bridgehead atoms. The average Bonchev–Trinajstić information content (AvgIpc) is 2.13. The molecule has 0 unspecified atom stereocenters. The van der Waals surface area contributed by atoms with Crippen molar-refractivity contribution in [2.24, 2.45) is 0 Å². The van der Waals surface area contributed by atoms with Gasteiger partial charge in [-0.05, 0) is 13.8 Å². The molecule has 0 aliphatic rings. The molecule has 0 saturated carbocycles. The zero-order chi connectivity index (χ0) is 10.9. The molecule has 0 radical (unpaired) electrons. The Labute approximate surface area is 89.7 Å². The maximum Gasteiger partial charge on any atom is 0.353 e. The van der Waals surface area contributed by atoms with E-state index in [0.29, 0.717) is 19.8 Å². The van der Waals surface area contributed by atoms with Gasteiger partial charge in [0.25, 0.3) is 0 Å². The largest absolute Gasteiger partial charge is 0.362 e. The van der Waals surface area contributed by atoms with E-state index in [2.05, 4.69) is 0 Å². The lowest BCUT2D eigenvalue weighted by atomic mass is 10.7. The smallest absolute Gasteiger partial charge is 0.353 e. The van der Waals surface area contributed by atoms with Gasteiger partial charge in [-0.2, -0.15) is 0 Å². The van der Waals surface area contributed by atoms with Gasteiger partial charge in [0.05, 0.1) is 19.8 Å². The molecule has 0 aliphatic heterocycles. The van der Waals surface area contributed by atoms with Crippen LogP contribution in [0, 0.1) is 0 Å². The highest BCUT2D eigenvalue weighted by atomic mass is 35.5. The molecule has 0 amide bonds. The Morgan fingerprint density at radius 3 is 2.29 bits per heavy atom. The van der Waals surface area contributed by atoms with Crippen molar-refractivity contribution in [1.82, 2.24) is 0 Å². The second-order valence-electron chi connectivity index (χ2n) is 2.24. The molecule has 0 fully saturated rings. The van der Waals surface area contributed by atoms with Gasteiger partial charge in [0.1, 0.15) is 6.07 Å². The van der Waals surface area contributed by atoms with Crippen LogP contribution in [0.25, 0.3) is 0 Å². The second kappa shape index (κ2) is 8.45. The minimum absolute atomic E-state index is 0.109. The van der Waals surface area contributed by atoms with Crippen LogP contribution in [0.15, 0.2) is 11.9 Å². The number of hydrogen-bond donors (Lipinski definition) is 0. The highest BCUT2D eigenvalue weighted by Gasteiger charge is 2.18. The van der Waals surface area contributed by atoms with Gasteiger partial charge in [-0.3, -0.25) is 4.57 Å². The van der Waals surface area contributed by atoms with Gasteiger partial charge < -0.3 is 13.8 Å². The van der Waals surface area contributed by atoms with Gasteiger partial charge in [0.2, 0.25) is 0 Å². The molecule has 0 spiro atoms. The summed E-state index contributed by atoms with van der Waals surface area (Å²) in [6, 6.07) is 0.109. The molecular weight excluding hydrogens is 227 g/mol. The Morgan fingerprint density at radius 2 is 1.86 bits per heavy atom. The standard InChI is InChI=1S/C8H16ClO4P/c1-3-12-14(10,13-4-2)7-5-6-11-8-9/h5,7H,3-4,6,8H2,1-2H3. The molecule has 0 atom stereocenters. The Balaban J connectivity index is 4.07. The Bertz CT molecular complexity index is 198. The van der Waals surface area contributed by atoms with Crippen LogP contribution in [0.3, 0.4) is 0 Å². The zero-order valence-corrected chi connectivity index (χ0v) is 10.1. The lowest BCUT2D eigenvalue weighted by Crippen LogP contribution is -1.93. The highest BCUT2D eigenvalue weighted by molar-refractivity contribution is 7.57. The van der Waals surface area contributed by atoms with E-state index in [9.17, 15) is 4.57 Å². The van der Waals surface area contributed by atoms with E-state index >= 15 is 0 Å². The lowest BCUT2D eigenvalue weighted by molar-refractivity contribution is 0.211. The van der Waals surface area contributed by atoms with Crippen LogP contribution in [-0.4, -0.2) is 25.9 Å². The van der Waals surface area contributed by atoms with Gasteiger partial charge in [-0.15, -0.1) is 0 Å². The van der Waals surface area contributed by atoms with Crippen LogP contribution >= 0.6 is 19.2 Å². The Morgan fingerprint density at radius 1 is 1.29 bits per heavy atom. The van der Waals surface area contributed by atoms with E-state index in [1.165, 1.54) is 5.82 Å². The SMILES string of the molecule is CCOP(=O)(C=CCOCCl)OCC. The average molecular weight is 243 g/mol. The first-order valence-electron chi connectivity index (χ1n) is 4.38. The molecule has 0 aromatic rings. The fourth-order valence-electron chi connectivity index (χ4n) is 0.768. The normalized spacial score (nSPS) is 12.5. The third kappa shape index (κ3) is 6.57. The van der Waals surface area contributed by atoms with Crippen LogP contribution in [0.4, 0.5) is 0 Å². The summed E-state index contributed by atoms with van der Waals surface area (Å²) in [4.78, 5) is 0. The van der Waals surface area contributed by atoms with Crippen LogP contribution in [-0.2, 0) is 18.3 Å². The summed E-state index contributed by atoms with van der Waals surface area (Å²) >= 11 is 5.29. The van der Waals surface area contributed by atoms with Gasteiger partial charge in [-0.25, -0.2) is 0 Å². The molecule has 4 nitrogen and oxygen atoms in total. The predicted molar refractivity (Wildman–Crippen MR) is 56.7 cm³/mol. The first kappa shape index (κ1) is 14.1. The van der Waals surface area contributed by atoms with Crippen molar-refractivity contribution in [2.45, 2.75) is 13.8 Å². The van der Waals surface area contributed by atoms with Crippen molar-refractivity contribution in [3.63, 3.8) is 0 Å². The fraction of sp³-hybridized carbons (Fsp3) is 0.750. The summed E-state index contributed by atoms with van der Waals surface area (Å²) in [6.07, 6.45) is 1.58. The molecule has 0 rings (SSSR count). The Kier molecular flexibility index (Phi) is 8.53. The van der Waals surface area contributed by atoms with E-state index in [-0.39, 0.29) is 6.07 Å². The van der Waals surface area contributed by atoms with Crippen LogP contribution < -0.4 is 0 Å². The molecule has 0 aromatic carbocycles. The molecule has 14 heavy (non-hydrogen) atoms. The second-order valence-corrected chi connectivity index (χ2v) is 4.35. The first-order valence-corrected chi connectivity index (χ1v) is 6.53. The van der Waals surface area contributed by atoms with Crippen molar-refractivity contribution in [3.05, 3.63) is 11.9 Å². The van der Waals surface area contributed by atoms with Gasteiger partial charge in [-0.1, -0.05) is 17.7 Å². The number of hydrogen-bond acceptors (Lipinski definition) is 4. The minimum Gasteiger partial charge on any atom is -0.362 e. The molecule has 6 heteroatoms. The lowest BCUT2D eigenvalue weighted by Gasteiger charge is -2.12. The van der Waals surface area contributed by atoms with Crippen molar-refractivity contribution in [3.8, 4) is 0 Å². The van der Waals surface area contributed by atoms with Crippen LogP contribution in [0.2, 0.25) is 0 Å². The van der Waals surface area contributed by atoms with Crippen molar-refractivity contribution < 1.29 is 18.3 Å². The predicted octanol–water partition coefficient (Wildman–Crippen LogP) is 2.98. The summed E-state index contributed by atoms with van der Waals surface area (Å²) in [5.74, 6) is 1.40. The van der Waals surface area contributed by atoms with E-state index < -0.39 is 7.60 Å². The number of halogens is 1. The zero-order valence-electron chi connectivity index (χ0n) is 8.44. The van der Waals surface area contributed by atoms with Gasteiger partial charge in [0, 0.05) is 5.82 Å². The first-order chi connectivity index (χ1) is 6.68. The highest BCUT2D eigenvalue weighted by Crippen LogP contribution is 2.49. The van der Waals surface area contributed by atoms with E-state index in [1.807, 2.05) is 0 Å². The van der Waals surface area contributed by atoms with Crippen molar-refractivity contribution in [2.75, 3.05) is 25.9 Å². The molecule has 0 aliphatic carbocycles. The van der Waals surface area contributed by atoms with Crippen molar-refractivity contribution >= 4 is 19.2 Å². The van der Waals surface area contributed by atoms with Crippen molar-refractivity contribution in [1.29, 1.82) is 0 Å². The van der Waals surface area contributed by atoms with Gasteiger partial charge in [0.15, 0.2) is 0 Å². The summed E-state index contributed by atoms with van der Waals surface area (Å²) in [5.41, 5.74) is 0. The molecular formula is C8H16ClO4P. The van der Waals surface area contributed by atoms with Crippen LogP contribution in [0.5, 0.6) is 0 Å². The maximum absolute atomic E-state index is 11.8. The summed E-state index contributed by atoms with van der Waals surface area (Å²) in [7, 11) is -3.06. The van der Waals surface area contributed by atoms with Gasteiger partial charge >= 0.3 is 7.60 Å². The van der Waals surface area contributed by atoms with E-state index in [0.717, 1.165) is 0 Å². The number of rotatable bonds is 8. The third-order valence-electron chi connectivity index (χ3n) is 1.20. The summed E-state index contributed by atoms with van der Waals surface area (Å²) in [5, 5.41) is 0.